The van der Waals surface area contributed by atoms with Gasteiger partial charge in [-0.15, -0.1) is 0 Å². The van der Waals surface area contributed by atoms with E-state index in [1.807, 2.05) is 0 Å². The van der Waals surface area contributed by atoms with Gasteiger partial charge >= 0.3 is 12.3 Å². The van der Waals surface area contributed by atoms with Crippen molar-refractivity contribution in [3.8, 4) is 0 Å². The fraction of sp³-hybridized carbons (Fsp3) is 0.769. The Morgan fingerprint density at radius 1 is 1.29 bits per heavy atom. The number of ether oxygens (including phenoxy) is 1. The van der Waals surface area contributed by atoms with Crippen molar-refractivity contribution in [3.05, 3.63) is 0 Å². The molecule has 0 spiro atoms. The summed E-state index contributed by atoms with van der Waals surface area (Å²) in [5.74, 6) is -2.29. The number of alkyl halides is 3. The van der Waals surface area contributed by atoms with Crippen LogP contribution in [0.15, 0.2) is 0 Å². The van der Waals surface area contributed by atoms with Gasteiger partial charge in [0.15, 0.2) is 0 Å². The van der Waals surface area contributed by atoms with E-state index in [1.54, 1.807) is 20.8 Å². The topological polar surface area (TPSA) is 63.7 Å². The van der Waals surface area contributed by atoms with Gasteiger partial charge < -0.3 is 4.74 Å². The van der Waals surface area contributed by atoms with E-state index in [0.29, 0.717) is 4.90 Å². The fourth-order valence-corrected chi connectivity index (χ4v) is 1.90. The third-order valence-electron chi connectivity index (χ3n) is 2.87. The maximum atomic E-state index is 12.2. The van der Waals surface area contributed by atoms with Crippen LogP contribution in [0.5, 0.6) is 0 Å². The summed E-state index contributed by atoms with van der Waals surface area (Å²) in [5, 5.41) is 0. The van der Waals surface area contributed by atoms with Crippen molar-refractivity contribution in [2.75, 3.05) is 6.54 Å². The zero-order chi connectivity index (χ0) is 16.4. The van der Waals surface area contributed by atoms with Gasteiger partial charge in [-0.05, 0) is 27.2 Å². The van der Waals surface area contributed by atoms with E-state index >= 15 is 0 Å². The molecular weight excluding hydrogens is 291 g/mol. The van der Waals surface area contributed by atoms with Gasteiger partial charge in [0.1, 0.15) is 11.4 Å². The lowest BCUT2D eigenvalue weighted by Crippen LogP contribution is -2.49. The highest BCUT2D eigenvalue weighted by atomic mass is 19.4. The lowest BCUT2D eigenvalue weighted by Gasteiger charge is -2.32. The first-order valence-corrected chi connectivity index (χ1v) is 6.52. The Morgan fingerprint density at radius 3 is 2.33 bits per heavy atom. The number of Topliss-reactive ketones (excluding diaryl/α,β-unsaturated/α-hetero) is 1. The number of amides is 2. The van der Waals surface area contributed by atoms with Crippen LogP contribution in [-0.4, -0.2) is 41.0 Å². The molecule has 1 heterocycles. The molecule has 0 N–H and O–H groups in total. The number of ketones is 1. The maximum Gasteiger partial charge on any atom is 0.417 e. The molecule has 5 nitrogen and oxygen atoms in total. The van der Waals surface area contributed by atoms with Crippen LogP contribution in [0.4, 0.5) is 18.0 Å². The maximum absolute atomic E-state index is 12.2. The monoisotopic (exact) mass is 309 g/mol. The molecule has 1 fully saturated rings. The summed E-state index contributed by atoms with van der Waals surface area (Å²) in [7, 11) is 0. The van der Waals surface area contributed by atoms with Gasteiger partial charge in [0.2, 0.25) is 5.91 Å². The summed E-state index contributed by atoms with van der Waals surface area (Å²) in [4.78, 5) is 35.8. The normalized spacial score (nSPS) is 20.7. The SMILES string of the molecule is CC(C)(C)OC(=O)N1CC(CCC(F)(F)F)C(=O)CC1=O. The lowest BCUT2D eigenvalue weighted by molar-refractivity contribution is -0.147. The molecule has 1 aliphatic rings. The molecule has 1 aliphatic heterocycles. The summed E-state index contributed by atoms with van der Waals surface area (Å²) in [6.07, 6.45) is -7.44. The van der Waals surface area contributed by atoms with Crippen LogP contribution in [0.25, 0.3) is 0 Å². The third-order valence-corrected chi connectivity index (χ3v) is 2.87. The average molecular weight is 309 g/mol. The van der Waals surface area contributed by atoms with Crippen molar-refractivity contribution in [1.29, 1.82) is 0 Å². The second kappa shape index (κ2) is 6.03. The van der Waals surface area contributed by atoms with Crippen LogP contribution in [0.2, 0.25) is 0 Å². The zero-order valence-electron chi connectivity index (χ0n) is 12.1. The zero-order valence-corrected chi connectivity index (χ0v) is 12.1. The van der Waals surface area contributed by atoms with E-state index in [1.165, 1.54) is 0 Å². The average Bonchev–Trinajstić information content (AvgIpc) is 2.23. The van der Waals surface area contributed by atoms with Gasteiger partial charge in [-0.1, -0.05) is 0 Å². The number of piperidine rings is 1. The van der Waals surface area contributed by atoms with Gasteiger partial charge in [0, 0.05) is 18.9 Å². The molecule has 2 amide bonds. The van der Waals surface area contributed by atoms with E-state index in [9.17, 15) is 27.6 Å². The fourth-order valence-electron chi connectivity index (χ4n) is 1.90. The Balaban J connectivity index is 2.72. The third kappa shape index (κ3) is 5.73. The number of imide groups is 1. The standard InChI is InChI=1S/C13H18F3NO4/c1-12(2,3)21-11(20)17-7-8(4-5-13(14,15)16)9(18)6-10(17)19/h8H,4-7H2,1-3H3. The molecule has 1 unspecified atom stereocenters. The molecule has 0 saturated carbocycles. The summed E-state index contributed by atoms with van der Waals surface area (Å²) in [6, 6.07) is 0. The van der Waals surface area contributed by atoms with Crippen molar-refractivity contribution in [2.24, 2.45) is 5.92 Å². The van der Waals surface area contributed by atoms with Crippen LogP contribution in [0, 0.1) is 5.92 Å². The molecule has 1 atom stereocenters. The summed E-state index contributed by atoms with van der Waals surface area (Å²) in [5.41, 5.74) is -0.833. The molecule has 0 aromatic heterocycles. The Bertz CT molecular complexity index is 440. The van der Waals surface area contributed by atoms with E-state index in [2.05, 4.69) is 0 Å². The van der Waals surface area contributed by atoms with Gasteiger partial charge in [-0.3, -0.25) is 9.59 Å². The Morgan fingerprint density at radius 2 is 1.86 bits per heavy atom. The van der Waals surface area contributed by atoms with Crippen LogP contribution in [0.1, 0.15) is 40.0 Å². The summed E-state index contributed by atoms with van der Waals surface area (Å²) >= 11 is 0. The van der Waals surface area contributed by atoms with E-state index in [4.69, 9.17) is 4.74 Å². The molecule has 0 radical (unpaired) electrons. The molecule has 0 aliphatic carbocycles. The molecule has 1 rings (SSSR count). The quantitative estimate of drug-likeness (QED) is 0.736. The molecule has 0 aromatic rings. The molecule has 0 aromatic carbocycles. The number of carbonyl (C=O) groups is 3. The molecule has 8 heteroatoms. The van der Waals surface area contributed by atoms with Crippen molar-refractivity contribution in [2.45, 2.75) is 51.8 Å². The van der Waals surface area contributed by atoms with E-state index in [-0.39, 0.29) is 6.54 Å². The van der Waals surface area contributed by atoms with Gasteiger partial charge in [0.25, 0.3) is 0 Å². The van der Waals surface area contributed by atoms with E-state index < -0.39 is 54.7 Å². The first-order valence-electron chi connectivity index (χ1n) is 6.52. The first kappa shape index (κ1) is 17.5. The first-order chi connectivity index (χ1) is 9.39. The highest BCUT2D eigenvalue weighted by Crippen LogP contribution is 2.27. The van der Waals surface area contributed by atoms with Crippen molar-refractivity contribution in [3.63, 3.8) is 0 Å². The predicted octanol–water partition coefficient (Wildman–Crippen LogP) is 2.68. The highest BCUT2D eigenvalue weighted by Gasteiger charge is 2.39. The number of likely N-dealkylation sites (tertiary alicyclic amines) is 1. The smallest absolute Gasteiger partial charge is 0.417 e. The molecule has 120 valence electrons. The van der Waals surface area contributed by atoms with Crippen molar-refractivity contribution >= 4 is 17.8 Å². The second-order valence-corrected chi connectivity index (χ2v) is 5.98. The minimum atomic E-state index is -4.38. The number of nitrogens with zero attached hydrogens (tertiary/aromatic N) is 1. The van der Waals surface area contributed by atoms with Crippen LogP contribution < -0.4 is 0 Å². The molecule has 21 heavy (non-hydrogen) atoms. The van der Waals surface area contributed by atoms with E-state index in [0.717, 1.165) is 0 Å². The molecular formula is C13H18F3NO4. The van der Waals surface area contributed by atoms with Crippen molar-refractivity contribution in [1.82, 2.24) is 4.90 Å². The lowest BCUT2D eigenvalue weighted by atomic mass is 9.91. The predicted molar refractivity (Wildman–Crippen MR) is 66.4 cm³/mol. The van der Waals surface area contributed by atoms with Gasteiger partial charge in [0.05, 0.1) is 6.42 Å². The summed E-state index contributed by atoms with van der Waals surface area (Å²) < 4.78 is 41.6. The Labute approximate surface area is 120 Å². The number of hydrogen-bond acceptors (Lipinski definition) is 4. The molecule has 0 bridgehead atoms. The Hall–Kier alpha value is -1.60. The minimum absolute atomic E-state index is 0.358. The number of hydrogen-bond donors (Lipinski definition) is 0. The highest BCUT2D eigenvalue weighted by molar-refractivity contribution is 6.06. The van der Waals surface area contributed by atoms with Crippen LogP contribution in [0.3, 0.4) is 0 Å². The van der Waals surface area contributed by atoms with Gasteiger partial charge in [-0.2, -0.15) is 13.2 Å². The molecule has 1 saturated heterocycles. The van der Waals surface area contributed by atoms with Crippen LogP contribution in [-0.2, 0) is 14.3 Å². The minimum Gasteiger partial charge on any atom is -0.443 e. The Kier molecular flexibility index (Phi) is 5.01. The number of halogens is 3. The number of carbonyl (C=O) groups excluding carboxylic acids is 3. The largest absolute Gasteiger partial charge is 0.443 e. The van der Waals surface area contributed by atoms with Crippen molar-refractivity contribution < 1.29 is 32.3 Å². The second-order valence-electron chi connectivity index (χ2n) is 5.98. The van der Waals surface area contributed by atoms with Gasteiger partial charge in [-0.25, -0.2) is 9.69 Å². The van der Waals surface area contributed by atoms with Crippen LogP contribution >= 0.6 is 0 Å². The number of rotatable bonds is 2. The summed E-state index contributed by atoms with van der Waals surface area (Å²) in [6.45, 7) is 4.45.